The van der Waals surface area contributed by atoms with E-state index in [4.69, 9.17) is 0 Å². The van der Waals surface area contributed by atoms with Crippen molar-refractivity contribution in [2.24, 2.45) is 34.0 Å². The average Bonchev–Trinajstić information content (AvgIpc) is 2.81. The lowest BCUT2D eigenvalue weighted by Gasteiger charge is -2.53. The molecule has 0 spiro atoms. The number of nitrogens with one attached hydrogen (secondary N) is 2. The van der Waals surface area contributed by atoms with Crippen LogP contribution in [-0.2, 0) is 4.79 Å². The molecule has 0 heterocycles. The van der Waals surface area contributed by atoms with Crippen molar-refractivity contribution in [3.8, 4) is 0 Å². The van der Waals surface area contributed by atoms with Gasteiger partial charge in [-0.2, -0.15) is 0 Å². The zero-order valence-corrected chi connectivity index (χ0v) is 20.4. The highest BCUT2D eigenvalue weighted by Gasteiger charge is 2.60. The van der Waals surface area contributed by atoms with Crippen molar-refractivity contribution < 1.29 is 4.79 Å². The summed E-state index contributed by atoms with van der Waals surface area (Å²) in [6, 6.07) is 0.871. The number of fused-ring (bicyclic) bond motifs is 4. The molecule has 2 saturated carbocycles. The van der Waals surface area contributed by atoms with Crippen molar-refractivity contribution in [1.29, 1.82) is 0 Å². The van der Waals surface area contributed by atoms with Crippen molar-refractivity contribution in [2.45, 2.75) is 98.6 Å². The first-order chi connectivity index (χ1) is 14.0. The van der Waals surface area contributed by atoms with E-state index in [2.05, 4.69) is 64.5 Å². The first-order valence-corrected chi connectivity index (χ1v) is 12.4. The molecule has 7 unspecified atom stereocenters. The lowest BCUT2D eigenvalue weighted by Crippen LogP contribution is -2.50. The van der Waals surface area contributed by atoms with Crippen LogP contribution in [0.15, 0.2) is 23.3 Å². The van der Waals surface area contributed by atoms with E-state index in [1.54, 1.807) is 18.1 Å². The second-order valence-corrected chi connectivity index (χ2v) is 12.0. The van der Waals surface area contributed by atoms with Gasteiger partial charge < -0.3 is 10.6 Å². The highest BCUT2D eigenvalue weighted by molar-refractivity contribution is 5.73. The standard InChI is InChI=1S/C27H44N2O/c1-17(29-18(2)30)21-13-15-27(6)23-10-9-22-19(8-11-24(28-7)25(22,3)4)16-20(23)12-14-26(21,27)5/h12,16-17,21-24,28H,8-11,13-15H2,1-7H3,(H,29,30). The molecule has 1 amide bonds. The Balaban J connectivity index is 1.65. The van der Waals surface area contributed by atoms with E-state index >= 15 is 0 Å². The second-order valence-electron chi connectivity index (χ2n) is 12.0. The van der Waals surface area contributed by atoms with Gasteiger partial charge in [0.2, 0.25) is 5.91 Å². The van der Waals surface area contributed by atoms with Gasteiger partial charge in [0.05, 0.1) is 0 Å². The SMILES string of the molecule is CNC1CCC2=CC3=CCC4(C)C(C(C)NC(C)=O)CCC4(C)C3CCC2C1(C)C. The summed E-state index contributed by atoms with van der Waals surface area (Å²) in [4.78, 5) is 11.7. The van der Waals surface area contributed by atoms with E-state index in [0.717, 1.165) is 6.42 Å². The summed E-state index contributed by atoms with van der Waals surface area (Å²) in [5, 5.41) is 6.85. The second kappa shape index (κ2) is 7.50. The number of carbonyl (C=O) groups is 1. The van der Waals surface area contributed by atoms with Gasteiger partial charge in [0.1, 0.15) is 0 Å². The molecule has 4 aliphatic rings. The Morgan fingerprint density at radius 3 is 2.43 bits per heavy atom. The molecule has 0 aromatic heterocycles. The van der Waals surface area contributed by atoms with Crippen LogP contribution in [0.2, 0.25) is 0 Å². The molecule has 3 nitrogen and oxygen atoms in total. The summed E-state index contributed by atoms with van der Waals surface area (Å²) >= 11 is 0. The van der Waals surface area contributed by atoms with Crippen molar-refractivity contribution in [1.82, 2.24) is 10.6 Å². The van der Waals surface area contributed by atoms with Gasteiger partial charge in [-0.25, -0.2) is 0 Å². The summed E-state index contributed by atoms with van der Waals surface area (Å²) in [7, 11) is 2.14. The number of amides is 1. The molecule has 2 fully saturated rings. The Hall–Kier alpha value is -1.09. The topological polar surface area (TPSA) is 41.1 Å². The Morgan fingerprint density at radius 1 is 1.07 bits per heavy atom. The normalized spacial score (nSPS) is 43.3. The molecule has 4 rings (SSSR count). The maximum atomic E-state index is 11.7. The summed E-state index contributed by atoms with van der Waals surface area (Å²) in [5.74, 6) is 2.03. The van der Waals surface area contributed by atoms with Gasteiger partial charge in [0, 0.05) is 19.0 Å². The molecule has 4 aliphatic carbocycles. The van der Waals surface area contributed by atoms with Crippen LogP contribution in [0.4, 0.5) is 0 Å². The van der Waals surface area contributed by atoms with Gasteiger partial charge in [-0.05, 0) is 98.5 Å². The average molecular weight is 413 g/mol. The third-order valence-electron chi connectivity index (χ3n) is 10.5. The minimum atomic E-state index is 0.108. The Morgan fingerprint density at radius 2 is 1.77 bits per heavy atom. The molecule has 0 aromatic rings. The molecule has 0 radical (unpaired) electrons. The molecule has 0 bridgehead atoms. The van der Waals surface area contributed by atoms with E-state index < -0.39 is 0 Å². The fourth-order valence-corrected chi connectivity index (χ4v) is 8.52. The first-order valence-electron chi connectivity index (χ1n) is 12.4. The summed E-state index contributed by atoms with van der Waals surface area (Å²) in [6.07, 6.45) is 14.1. The van der Waals surface area contributed by atoms with Crippen LogP contribution in [0.3, 0.4) is 0 Å². The lowest BCUT2D eigenvalue weighted by molar-refractivity contribution is -0.120. The summed E-state index contributed by atoms with van der Waals surface area (Å²) in [6.45, 7) is 14.0. The molecule has 30 heavy (non-hydrogen) atoms. The van der Waals surface area contributed by atoms with Gasteiger partial charge in [0.15, 0.2) is 0 Å². The molecule has 0 aliphatic heterocycles. The Labute approximate surface area is 184 Å². The molecular weight excluding hydrogens is 368 g/mol. The minimum absolute atomic E-state index is 0.108. The summed E-state index contributed by atoms with van der Waals surface area (Å²) in [5.41, 5.74) is 4.26. The van der Waals surface area contributed by atoms with E-state index in [9.17, 15) is 4.79 Å². The monoisotopic (exact) mass is 412 g/mol. The third kappa shape index (κ3) is 3.14. The van der Waals surface area contributed by atoms with Crippen molar-refractivity contribution in [3.63, 3.8) is 0 Å². The van der Waals surface area contributed by atoms with E-state index in [-0.39, 0.29) is 17.4 Å². The molecule has 0 aromatic carbocycles. The van der Waals surface area contributed by atoms with Gasteiger partial charge in [-0.3, -0.25) is 4.79 Å². The molecule has 7 atom stereocenters. The maximum absolute atomic E-state index is 11.7. The molecule has 0 saturated heterocycles. The molecular formula is C27H44N2O. The minimum Gasteiger partial charge on any atom is -0.354 e. The number of hydrogen-bond donors (Lipinski definition) is 2. The lowest BCUT2D eigenvalue weighted by atomic mass is 9.51. The first kappa shape index (κ1) is 22.1. The van der Waals surface area contributed by atoms with Gasteiger partial charge in [-0.1, -0.05) is 45.4 Å². The highest BCUT2D eigenvalue weighted by atomic mass is 16.1. The highest BCUT2D eigenvalue weighted by Crippen LogP contribution is 2.67. The Bertz CT molecular complexity index is 765. The van der Waals surface area contributed by atoms with Crippen molar-refractivity contribution in [3.05, 3.63) is 23.3 Å². The van der Waals surface area contributed by atoms with Crippen molar-refractivity contribution >= 4 is 5.91 Å². The van der Waals surface area contributed by atoms with Crippen LogP contribution in [0, 0.1) is 34.0 Å². The van der Waals surface area contributed by atoms with Crippen molar-refractivity contribution in [2.75, 3.05) is 7.05 Å². The molecule has 168 valence electrons. The third-order valence-corrected chi connectivity index (χ3v) is 10.5. The van der Waals surface area contributed by atoms with Crippen LogP contribution in [-0.4, -0.2) is 25.0 Å². The predicted octanol–water partition coefficient (Wildman–Crippen LogP) is 5.62. The fraction of sp³-hybridized carbons (Fsp3) is 0.815. The fourth-order valence-electron chi connectivity index (χ4n) is 8.52. The summed E-state index contributed by atoms with van der Waals surface area (Å²) < 4.78 is 0. The number of hydrogen-bond acceptors (Lipinski definition) is 2. The largest absolute Gasteiger partial charge is 0.354 e. The van der Waals surface area contributed by atoms with Crippen LogP contribution in [0.25, 0.3) is 0 Å². The number of carbonyl (C=O) groups excluding carboxylic acids is 1. The quantitative estimate of drug-likeness (QED) is 0.631. The van der Waals surface area contributed by atoms with Crippen LogP contribution in [0.5, 0.6) is 0 Å². The molecule has 2 N–H and O–H groups in total. The van der Waals surface area contributed by atoms with Gasteiger partial charge >= 0.3 is 0 Å². The van der Waals surface area contributed by atoms with E-state index in [1.165, 1.54) is 38.5 Å². The van der Waals surface area contributed by atoms with Crippen LogP contribution >= 0.6 is 0 Å². The van der Waals surface area contributed by atoms with Crippen LogP contribution in [0.1, 0.15) is 86.5 Å². The number of allylic oxidation sites excluding steroid dienone is 4. The van der Waals surface area contributed by atoms with E-state index in [0.29, 0.717) is 34.6 Å². The van der Waals surface area contributed by atoms with Crippen LogP contribution < -0.4 is 10.6 Å². The van der Waals surface area contributed by atoms with Gasteiger partial charge in [-0.15, -0.1) is 0 Å². The predicted molar refractivity (Wildman–Crippen MR) is 125 cm³/mol. The van der Waals surface area contributed by atoms with E-state index in [1.807, 2.05) is 0 Å². The maximum Gasteiger partial charge on any atom is 0.217 e. The zero-order valence-electron chi connectivity index (χ0n) is 20.4. The smallest absolute Gasteiger partial charge is 0.217 e. The number of rotatable bonds is 3. The van der Waals surface area contributed by atoms with Gasteiger partial charge in [0.25, 0.3) is 0 Å². The Kier molecular flexibility index (Phi) is 5.53. The molecule has 3 heteroatoms. The zero-order chi connectivity index (χ0) is 21.9.